The van der Waals surface area contributed by atoms with Crippen molar-refractivity contribution >= 4 is 22.3 Å². The van der Waals surface area contributed by atoms with Crippen LogP contribution in [0.4, 0.5) is 0 Å². The molecule has 5 heteroatoms. The normalized spacial score (nSPS) is 16.5. The Morgan fingerprint density at radius 3 is 2.86 bits per heavy atom. The van der Waals surface area contributed by atoms with Gasteiger partial charge in [0.2, 0.25) is 0 Å². The van der Waals surface area contributed by atoms with E-state index in [1.165, 1.54) is 5.57 Å². The third-order valence-corrected chi connectivity index (χ3v) is 5.75. The fourth-order valence-corrected chi connectivity index (χ4v) is 3.90. The number of amides is 1. The van der Waals surface area contributed by atoms with E-state index in [0.717, 1.165) is 65.5 Å². The maximum atomic E-state index is 12.5. The Morgan fingerprint density at radius 1 is 1.17 bits per heavy atom. The van der Waals surface area contributed by atoms with Crippen molar-refractivity contribution in [3.8, 4) is 11.1 Å². The first-order chi connectivity index (χ1) is 14.2. The van der Waals surface area contributed by atoms with Crippen LogP contribution in [0.5, 0.6) is 0 Å². The lowest BCUT2D eigenvalue weighted by atomic mass is 9.94. The summed E-state index contributed by atoms with van der Waals surface area (Å²) >= 11 is 0. The molecule has 0 spiro atoms. The first-order valence-corrected chi connectivity index (χ1v) is 10.3. The quantitative estimate of drug-likeness (QED) is 0.717. The predicted molar refractivity (Wildman–Crippen MR) is 116 cm³/mol. The molecule has 29 heavy (non-hydrogen) atoms. The van der Waals surface area contributed by atoms with E-state index in [1.54, 1.807) is 0 Å². The molecule has 5 nitrogen and oxygen atoms in total. The molecule has 1 saturated carbocycles. The number of aryl methyl sites for hydroxylation is 1. The van der Waals surface area contributed by atoms with E-state index < -0.39 is 0 Å². The number of hydrogen-bond donors (Lipinski definition) is 2. The molecule has 146 valence electrons. The molecule has 1 amide bonds. The molecule has 2 heterocycles. The van der Waals surface area contributed by atoms with Crippen molar-refractivity contribution in [3.05, 3.63) is 65.5 Å². The summed E-state index contributed by atoms with van der Waals surface area (Å²) < 4.78 is 0. The molecule has 0 bridgehead atoms. The highest BCUT2D eigenvalue weighted by atomic mass is 16.1. The Morgan fingerprint density at radius 2 is 2.07 bits per heavy atom. The van der Waals surface area contributed by atoms with Gasteiger partial charge in [0, 0.05) is 28.9 Å². The molecule has 1 aliphatic carbocycles. The number of nitrogens with one attached hydrogen (secondary N) is 2. The number of hydrogen-bond acceptors (Lipinski definition) is 4. The number of aromatic nitrogens is 2. The second kappa shape index (κ2) is 7.41. The van der Waals surface area contributed by atoms with Crippen molar-refractivity contribution in [2.24, 2.45) is 0 Å². The van der Waals surface area contributed by atoms with Crippen molar-refractivity contribution in [2.75, 3.05) is 13.1 Å². The van der Waals surface area contributed by atoms with Crippen molar-refractivity contribution in [2.45, 2.75) is 32.2 Å². The Hall–Kier alpha value is -3.05. The van der Waals surface area contributed by atoms with Gasteiger partial charge in [-0.3, -0.25) is 4.79 Å². The van der Waals surface area contributed by atoms with Crippen molar-refractivity contribution in [1.82, 2.24) is 20.8 Å². The molecule has 1 fully saturated rings. The molecule has 2 aliphatic rings. The van der Waals surface area contributed by atoms with Gasteiger partial charge >= 0.3 is 0 Å². The minimum Gasteiger partial charge on any atom is -0.349 e. The van der Waals surface area contributed by atoms with E-state index >= 15 is 0 Å². The lowest BCUT2D eigenvalue weighted by molar-refractivity contribution is 0.0951. The van der Waals surface area contributed by atoms with Gasteiger partial charge in [0.1, 0.15) is 0 Å². The third kappa shape index (κ3) is 3.66. The summed E-state index contributed by atoms with van der Waals surface area (Å²) in [5.41, 5.74) is 6.26. The van der Waals surface area contributed by atoms with E-state index in [0.29, 0.717) is 11.6 Å². The molecule has 1 aromatic heterocycles. The van der Waals surface area contributed by atoms with Gasteiger partial charge in [0.25, 0.3) is 5.91 Å². The van der Waals surface area contributed by atoms with Gasteiger partial charge in [0.05, 0.1) is 11.9 Å². The van der Waals surface area contributed by atoms with Crippen LogP contribution in [0.25, 0.3) is 27.5 Å². The molecule has 0 saturated heterocycles. The van der Waals surface area contributed by atoms with Crippen LogP contribution in [0.15, 0.2) is 48.7 Å². The topological polar surface area (TPSA) is 66.9 Å². The van der Waals surface area contributed by atoms with Crippen LogP contribution in [0.2, 0.25) is 0 Å². The van der Waals surface area contributed by atoms with Crippen LogP contribution in [-0.4, -0.2) is 35.2 Å². The minimum atomic E-state index is 0.0144. The first-order valence-electron chi connectivity index (χ1n) is 10.3. The van der Waals surface area contributed by atoms with E-state index in [2.05, 4.69) is 52.0 Å². The fourth-order valence-electron chi connectivity index (χ4n) is 3.90. The monoisotopic (exact) mass is 384 g/mol. The van der Waals surface area contributed by atoms with Crippen molar-refractivity contribution in [3.63, 3.8) is 0 Å². The zero-order valence-corrected chi connectivity index (χ0v) is 16.5. The second-order valence-electron chi connectivity index (χ2n) is 7.96. The molecule has 5 rings (SSSR count). The summed E-state index contributed by atoms with van der Waals surface area (Å²) in [6.45, 7) is 3.93. The molecule has 1 aliphatic heterocycles. The molecule has 0 radical (unpaired) electrons. The molecule has 2 aromatic carbocycles. The average Bonchev–Trinajstić information content (AvgIpc) is 3.58. The average molecular weight is 384 g/mol. The summed E-state index contributed by atoms with van der Waals surface area (Å²) in [5, 5.41) is 17.3. The Balaban J connectivity index is 1.53. The van der Waals surface area contributed by atoms with Gasteiger partial charge in [0.15, 0.2) is 0 Å². The number of benzene rings is 2. The van der Waals surface area contributed by atoms with Crippen molar-refractivity contribution in [1.29, 1.82) is 0 Å². The fraction of sp³-hybridized carbons (Fsp3) is 0.292. The Labute approximate surface area is 170 Å². The number of nitrogens with zero attached hydrogens (tertiary/aromatic N) is 2. The van der Waals surface area contributed by atoms with E-state index in [1.807, 2.05) is 24.4 Å². The van der Waals surface area contributed by atoms with Gasteiger partial charge < -0.3 is 10.6 Å². The minimum absolute atomic E-state index is 0.0144. The number of carbonyl (C=O) groups is 1. The predicted octanol–water partition coefficient (Wildman–Crippen LogP) is 3.87. The lowest BCUT2D eigenvalue weighted by Crippen LogP contribution is -2.25. The number of carbonyl (C=O) groups excluding carboxylic acids is 1. The van der Waals surface area contributed by atoms with E-state index in [-0.39, 0.29) is 5.91 Å². The smallest absolute Gasteiger partial charge is 0.251 e. The van der Waals surface area contributed by atoms with Gasteiger partial charge in [-0.1, -0.05) is 24.3 Å². The van der Waals surface area contributed by atoms with Crippen LogP contribution < -0.4 is 10.6 Å². The molecule has 3 aromatic rings. The zero-order valence-electron chi connectivity index (χ0n) is 16.5. The molecular weight excluding hydrogens is 360 g/mol. The Kier molecular flexibility index (Phi) is 4.60. The van der Waals surface area contributed by atoms with E-state index in [4.69, 9.17) is 0 Å². The highest BCUT2D eigenvalue weighted by molar-refractivity contribution is 5.97. The molecule has 0 unspecified atom stereocenters. The highest BCUT2D eigenvalue weighted by Crippen LogP contribution is 2.31. The third-order valence-electron chi connectivity index (χ3n) is 5.75. The molecular formula is C24H24N4O. The highest BCUT2D eigenvalue weighted by Gasteiger charge is 2.24. The summed E-state index contributed by atoms with van der Waals surface area (Å²) in [6, 6.07) is 12.7. The number of rotatable bonds is 4. The zero-order chi connectivity index (χ0) is 19.8. The Bertz CT molecular complexity index is 1130. The largest absolute Gasteiger partial charge is 0.349 e. The maximum absolute atomic E-state index is 12.5. The molecule has 0 atom stereocenters. The van der Waals surface area contributed by atoms with Crippen LogP contribution in [0.1, 0.15) is 40.9 Å². The van der Waals surface area contributed by atoms with Gasteiger partial charge in [-0.2, -0.15) is 10.2 Å². The first kappa shape index (κ1) is 18.0. The summed E-state index contributed by atoms with van der Waals surface area (Å²) in [7, 11) is 0. The van der Waals surface area contributed by atoms with Crippen LogP contribution >= 0.6 is 0 Å². The standard InChI is InChI=1S/C24H24N4O/c1-15-2-3-18(24(29)27-20-5-6-20)13-22(15)17-4-7-21-19(12-17)14-26-28-23(21)16-8-10-25-11-9-16/h2-4,7-8,12-14,20,25H,5-6,9-11H2,1H3,(H,27,29). The maximum Gasteiger partial charge on any atom is 0.251 e. The van der Waals surface area contributed by atoms with Gasteiger partial charge in [-0.15, -0.1) is 0 Å². The summed E-state index contributed by atoms with van der Waals surface area (Å²) in [4.78, 5) is 12.5. The van der Waals surface area contributed by atoms with Gasteiger partial charge in [-0.25, -0.2) is 0 Å². The summed E-state index contributed by atoms with van der Waals surface area (Å²) in [5.74, 6) is 0.0144. The number of fused-ring (bicyclic) bond motifs is 1. The van der Waals surface area contributed by atoms with E-state index in [9.17, 15) is 4.79 Å². The second-order valence-corrected chi connectivity index (χ2v) is 7.96. The van der Waals surface area contributed by atoms with Crippen molar-refractivity contribution < 1.29 is 4.79 Å². The lowest BCUT2D eigenvalue weighted by Gasteiger charge is -2.15. The molecule has 2 N–H and O–H groups in total. The van der Waals surface area contributed by atoms with Crippen LogP contribution in [0.3, 0.4) is 0 Å². The van der Waals surface area contributed by atoms with Gasteiger partial charge in [-0.05, 0) is 73.2 Å². The van der Waals surface area contributed by atoms with Crippen LogP contribution in [-0.2, 0) is 0 Å². The van der Waals surface area contributed by atoms with Crippen LogP contribution in [0, 0.1) is 6.92 Å². The SMILES string of the molecule is Cc1ccc(C(=O)NC2CC2)cc1-c1ccc2c(C3=CCNCC3)nncc2c1. The summed E-state index contributed by atoms with van der Waals surface area (Å²) in [6.07, 6.45) is 7.17.